The van der Waals surface area contributed by atoms with Crippen LogP contribution in [0, 0.1) is 5.82 Å². The largest absolute Gasteiger partial charge is 1.00 e. The van der Waals surface area contributed by atoms with E-state index in [2.05, 4.69) is 20.5 Å². The predicted octanol–water partition coefficient (Wildman–Crippen LogP) is -0.721. The smallest absolute Gasteiger partial charge is 0.475 e. The summed E-state index contributed by atoms with van der Waals surface area (Å²) in [5.41, 5.74) is 3.34. The van der Waals surface area contributed by atoms with Gasteiger partial charge in [0, 0.05) is 0 Å². The van der Waals surface area contributed by atoms with E-state index in [0.717, 1.165) is 30.2 Å². The number of likely N-dealkylation sites (N-methyl/N-ethyl adjacent to an activating group) is 1. The average Bonchev–Trinajstić information content (AvgIpc) is 3.49. The van der Waals surface area contributed by atoms with Gasteiger partial charge in [0.05, 0.1) is 18.8 Å². The molecule has 1 atom stereocenters. The molecule has 0 saturated heterocycles. The van der Waals surface area contributed by atoms with Crippen molar-refractivity contribution in [3.63, 3.8) is 0 Å². The van der Waals surface area contributed by atoms with Crippen molar-refractivity contribution in [1.29, 1.82) is 0 Å². The van der Waals surface area contributed by atoms with Crippen molar-refractivity contribution in [2.75, 3.05) is 19.0 Å². The van der Waals surface area contributed by atoms with E-state index in [1.54, 1.807) is 7.05 Å². The van der Waals surface area contributed by atoms with Crippen LogP contribution in [0.15, 0.2) is 11.1 Å². The van der Waals surface area contributed by atoms with Crippen LogP contribution in [0.1, 0.15) is 35.1 Å². The normalized spacial score (nSPS) is 18.8. The Morgan fingerprint density at radius 1 is 1.19 bits per heavy atom. The van der Waals surface area contributed by atoms with Gasteiger partial charge in [-0.05, 0) is 73.5 Å². The minimum atomic E-state index is -4.33. The summed E-state index contributed by atoms with van der Waals surface area (Å²) >= 11 is 0. The first-order chi connectivity index (χ1) is 14.9. The summed E-state index contributed by atoms with van der Waals surface area (Å²) in [5.74, 6) is -0.0855. The van der Waals surface area contributed by atoms with Gasteiger partial charge in [0.15, 0.2) is 10.9 Å². The third kappa shape index (κ3) is 3.94. The molecule has 1 aromatic carbocycles. The van der Waals surface area contributed by atoms with Crippen molar-refractivity contribution >= 4 is 21.7 Å². The van der Waals surface area contributed by atoms with Crippen LogP contribution >= 0.6 is 0 Å². The molecule has 2 N–H and O–H groups in total. The van der Waals surface area contributed by atoms with Crippen molar-refractivity contribution < 1.29 is 51.9 Å². The number of benzene rings is 1. The van der Waals surface area contributed by atoms with Gasteiger partial charge in [0.1, 0.15) is 12.4 Å². The minimum absolute atomic E-state index is 0. The maximum atomic E-state index is 14.8. The number of nitrogens with zero attached hydrogens (tertiary/aromatic N) is 3. The second-order valence-electron chi connectivity index (χ2n) is 8.10. The zero-order valence-corrected chi connectivity index (χ0v) is 20.9. The monoisotopic (exact) mass is 471 g/mol. The molecular weight excluding hydrogens is 448 g/mol. The van der Waals surface area contributed by atoms with Crippen LogP contribution in [0.5, 0.6) is 5.88 Å². The Bertz CT molecular complexity index is 1150. The standard InChI is InChI=1S/C20H24FN5O4S.Na/c1-22-11-9-26-19(30-10-11)16(8-23-26)31(28,29)25-20(27)24-18-14-6-2-4-12(14)17(21)13-5-3-7-15(13)18;/h8,11,22H,2-7,9-10H2,1H3,(H2,24,25,27);/q;+1/p-1/t11-;/m1./s1. The fraction of sp³-hybridized carbons (Fsp3) is 0.500. The molecule has 0 bridgehead atoms. The molecule has 0 spiro atoms. The first-order valence-electron chi connectivity index (χ1n) is 10.4. The summed E-state index contributed by atoms with van der Waals surface area (Å²) in [4.78, 5) is 12.4. The summed E-state index contributed by atoms with van der Waals surface area (Å²) in [6.45, 7) is 0.728. The summed E-state index contributed by atoms with van der Waals surface area (Å²) in [5, 5.41) is 9.76. The maximum absolute atomic E-state index is 14.8. The van der Waals surface area contributed by atoms with Crippen molar-refractivity contribution in [2.24, 2.45) is 0 Å². The fourth-order valence-electron chi connectivity index (χ4n) is 4.75. The number of nitrogens with one attached hydrogen (secondary N) is 2. The van der Waals surface area contributed by atoms with Crippen molar-refractivity contribution in [2.45, 2.75) is 56.0 Å². The number of halogens is 1. The maximum Gasteiger partial charge on any atom is 1.00 e. The van der Waals surface area contributed by atoms with Crippen LogP contribution in [-0.4, -0.2) is 43.9 Å². The van der Waals surface area contributed by atoms with Crippen molar-refractivity contribution in [1.82, 2.24) is 15.1 Å². The summed E-state index contributed by atoms with van der Waals surface area (Å²) in [7, 11) is -2.55. The molecule has 166 valence electrons. The Morgan fingerprint density at radius 3 is 2.44 bits per heavy atom. The molecule has 2 aromatic rings. The quantitative estimate of drug-likeness (QED) is 0.569. The van der Waals surface area contributed by atoms with Crippen molar-refractivity contribution in [3.8, 4) is 5.88 Å². The summed E-state index contributed by atoms with van der Waals surface area (Å²) < 4.78 is 50.8. The number of carbonyl (C=O) groups is 1. The molecule has 12 heteroatoms. The molecule has 9 nitrogen and oxygen atoms in total. The zero-order chi connectivity index (χ0) is 21.8. The van der Waals surface area contributed by atoms with Crippen LogP contribution in [0.4, 0.5) is 14.9 Å². The topological polar surface area (TPSA) is 116 Å². The first kappa shape index (κ1) is 23.5. The van der Waals surface area contributed by atoms with Gasteiger partial charge >= 0.3 is 29.6 Å². The molecule has 0 unspecified atom stereocenters. The van der Waals surface area contributed by atoms with E-state index >= 15 is 0 Å². The number of hydrogen-bond donors (Lipinski definition) is 2. The molecule has 0 radical (unpaired) electrons. The zero-order valence-electron chi connectivity index (χ0n) is 18.1. The number of aromatic nitrogens is 2. The Hall–Kier alpha value is -1.66. The van der Waals surface area contributed by atoms with E-state index < -0.39 is 16.1 Å². The van der Waals surface area contributed by atoms with E-state index in [4.69, 9.17) is 4.74 Å². The van der Waals surface area contributed by atoms with Crippen LogP contribution < -0.4 is 44.9 Å². The van der Waals surface area contributed by atoms with E-state index in [9.17, 15) is 17.6 Å². The van der Waals surface area contributed by atoms with E-state index in [1.165, 1.54) is 4.68 Å². The average molecular weight is 471 g/mol. The minimum Gasteiger partial charge on any atom is -0.475 e. The number of ether oxygens (including phenoxy) is 1. The van der Waals surface area contributed by atoms with E-state index in [0.29, 0.717) is 49.0 Å². The van der Waals surface area contributed by atoms with Crippen LogP contribution in [-0.2, 0) is 42.3 Å². The van der Waals surface area contributed by atoms with Gasteiger partial charge < -0.3 is 20.1 Å². The molecule has 0 fully saturated rings. The molecule has 1 aliphatic heterocycles. The molecule has 3 aliphatic rings. The Balaban J connectivity index is 0.00000245. The number of anilines is 1. The Kier molecular flexibility index (Phi) is 6.56. The first-order valence-corrected chi connectivity index (χ1v) is 11.8. The summed E-state index contributed by atoms with van der Waals surface area (Å²) in [6, 6.07) is -0.996. The molecule has 1 aromatic heterocycles. The third-order valence-electron chi connectivity index (χ3n) is 6.26. The van der Waals surface area contributed by atoms with Crippen LogP contribution in [0.2, 0.25) is 0 Å². The molecule has 2 aliphatic carbocycles. The fourth-order valence-corrected chi connectivity index (χ4v) is 5.68. The molecular formula is C20H23FN5NaO4S. The number of amides is 2. The van der Waals surface area contributed by atoms with Gasteiger partial charge in [0.25, 0.3) is 0 Å². The third-order valence-corrected chi connectivity index (χ3v) is 7.51. The second-order valence-corrected chi connectivity index (χ2v) is 9.67. The number of urea groups is 1. The van der Waals surface area contributed by atoms with Crippen LogP contribution in [0.3, 0.4) is 0 Å². The number of sulfonamides is 1. The Morgan fingerprint density at radius 2 is 1.81 bits per heavy atom. The Labute approximate surface area is 207 Å². The van der Waals surface area contributed by atoms with E-state index in [-0.39, 0.29) is 58.8 Å². The number of hydrogen-bond acceptors (Lipinski definition) is 6. The molecule has 0 saturated carbocycles. The van der Waals surface area contributed by atoms with Gasteiger partial charge in [-0.1, -0.05) is 0 Å². The van der Waals surface area contributed by atoms with Gasteiger partial charge in [-0.15, -0.1) is 0 Å². The number of fused-ring (bicyclic) bond motifs is 3. The van der Waals surface area contributed by atoms with Gasteiger partial charge in [-0.25, -0.2) is 17.5 Å². The number of rotatable bonds is 4. The SMILES string of the molecule is CN[C@H]1COc2c(S(=O)(=O)[N-]C(=O)Nc3c4c(c(F)c5c3CCC5)CCC4)cnn2C1.[Na+]. The van der Waals surface area contributed by atoms with Gasteiger partial charge in [0.2, 0.25) is 15.9 Å². The van der Waals surface area contributed by atoms with E-state index in [1.807, 2.05) is 0 Å². The predicted molar refractivity (Wildman–Crippen MR) is 111 cm³/mol. The van der Waals surface area contributed by atoms with Gasteiger partial charge in [-0.2, -0.15) is 5.10 Å². The molecule has 2 amide bonds. The molecule has 5 rings (SSSR count). The summed E-state index contributed by atoms with van der Waals surface area (Å²) in [6.07, 6.45) is 5.31. The second kappa shape index (κ2) is 8.94. The van der Waals surface area contributed by atoms with Gasteiger partial charge in [-0.3, -0.25) is 4.79 Å². The molecule has 2 heterocycles. The van der Waals surface area contributed by atoms with Crippen molar-refractivity contribution in [3.05, 3.63) is 39.0 Å². The van der Waals surface area contributed by atoms with Crippen LogP contribution in [0.25, 0.3) is 4.72 Å². The number of carbonyl (C=O) groups excluding carboxylic acids is 1. The molecule has 32 heavy (non-hydrogen) atoms.